The van der Waals surface area contributed by atoms with Crippen LogP contribution < -0.4 is 5.32 Å². The van der Waals surface area contributed by atoms with Gasteiger partial charge in [0.05, 0.1) is 18.1 Å². The lowest BCUT2D eigenvalue weighted by atomic mass is 10.0. The van der Waals surface area contributed by atoms with Crippen LogP contribution >= 0.6 is 0 Å². The first-order chi connectivity index (χ1) is 9.81. The summed E-state index contributed by atoms with van der Waals surface area (Å²) in [4.78, 5) is 20.5. The number of nitrogens with zero attached hydrogens (tertiary/aromatic N) is 2. The Labute approximate surface area is 120 Å². The lowest BCUT2D eigenvalue weighted by molar-refractivity contribution is -0.116. The van der Waals surface area contributed by atoms with Gasteiger partial charge in [-0.05, 0) is 31.6 Å². The zero-order valence-electron chi connectivity index (χ0n) is 12.0. The molecule has 3 rings (SSSR count). The van der Waals surface area contributed by atoms with Crippen LogP contribution in [0.4, 0.5) is 5.69 Å². The number of aromatic nitrogens is 2. The van der Waals surface area contributed by atoms with Crippen LogP contribution in [0, 0.1) is 5.92 Å². The molecule has 1 N–H and O–H groups in total. The molecule has 0 unspecified atom stereocenters. The first kappa shape index (κ1) is 13.5. The molecule has 20 heavy (non-hydrogen) atoms. The third-order valence-corrected chi connectivity index (χ3v) is 4.39. The molecule has 1 aromatic heterocycles. The smallest absolute Gasteiger partial charge is 0.224 e. The molecule has 1 amide bonds. The van der Waals surface area contributed by atoms with E-state index in [9.17, 15) is 4.79 Å². The van der Waals surface area contributed by atoms with E-state index in [0.717, 1.165) is 23.9 Å². The van der Waals surface area contributed by atoms with Gasteiger partial charge in [-0.1, -0.05) is 25.7 Å². The van der Waals surface area contributed by atoms with E-state index in [4.69, 9.17) is 0 Å². The van der Waals surface area contributed by atoms with Gasteiger partial charge in [0.2, 0.25) is 5.91 Å². The molecule has 0 aliphatic heterocycles. The van der Waals surface area contributed by atoms with Gasteiger partial charge >= 0.3 is 0 Å². The summed E-state index contributed by atoms with van der Waals surface area (Å²) in [7, 11) is 0. The summed E-state index contributed by atoms with van der Waals surface area (Å²) in [6, 6.07) is 0. The molecule has 2 aliphatic rings. The third kappa shape index (κ3) is 3.78. The van der Waals surface area contributed by atoms with Gasteiger partial charge < -0.3 is 5.32 Å². The number of amides is 1. The highest BCUT2D eigenvalue weighted by Crippen LogP contribution is 2.37. The number of hydrogen-bond donors (Lipinski definition) is 1. The predicted molar refractivity (Wildman–Crippen MR) is 78.4 cm³/mol. The van der Waals surface area contributed by atoms with Gasteiger partial charge in [-0.3, -0.25) is 4.79 Å². The maximum atomic E-state index is 11.9. The van der Waals surface area contributed by atoms with Gasteiger partial charge in [-0.2, -0.15) is 0 Å². The number of rotatable bonds is 6. The molecule has 2 fully saturated rings. The zero-order chi connectivity index (χ0) is 13.8. The Morgan fingerprint density at radius 1 is 1.15 bits per heavy atom. The van der Waals surface area contributed by atoms with Crippen LogP contribution in [0.15, 0.2) is 12.4 Å². The van der Waals surface area contributed by atoms with E-state index in [1.807, 2.05) is 0 Å². The fraction of sp³-hybridized carbons (Fsp3) is 0.688. The third-order valence-electron chi connectivity index (χ3n) is 4.39. The second kappa shape index (κ2) is 6.33. The highest BCUT2D eigenvalue weighted by molar-refractivity contribution is 5.90. The zero-order valence-corrected chi connectivity index (χ0v) is 12.0. The first-order valence-electron chi connectivity index (χ1n) is 7.93. The van der Waals surface area contributed by atoms with Crippen molar-refractivity contribution in [3.05, 3.63) is 18.2 Å². The molecule has 108 valence electrons. The Morgan fingerprint density at radius 2 is 1.85 bits per heavy atom. The van der Waals surface area contributed by atoms with Crippen LogP contribution in [0.2, 0.25) is 0 Å². The van der Waals surface area contributed by atoms with Crippen molar-refractivity contribution in [1.82, 2.24) is 9.97 Å². The molecule has 4 heteroatoms. The fourth-order valence-electron chi connectivity index (χ4n) is 3.03. The number of anilines is 1. The quantitative estimate of drug-likeness (QED) is 0.860. The molecule has 2 aliphatic carbocycles. The highest BCUT2D eigenvalue weighted by atomic mass is 16.1. The number of hydrogen-bond acceptors (Lipinski definition) is 3. The van der Waals surface area contributed by atoms with Crippen LogP contribution in [0.25, 0.3) is 0 Å². The highest BCUT2D eigenvalue weighted by Gasteiger charge is 2.26. The number of nitrogens with one attached hydrogen (secondary N) is 1. The van der Waals surface area contributed by atoms with Crippen LogP contribution in [-0.4, -0.2) is 15.9 Å². The summed E-state index contributed by atoms with van der Waals surface area (Å²) >= 11 is 0. The van der Waals surface area contributed by atoms with Crippen molar-refractivity contribution in [1.29, 1.82) is 0 Å². The lowest BCUT2D eigenvalue weighted by Crippen LogP contribution is -2.12. The standard InChI is InChI=1S/C16H23N3O/c20-15(7-3-6-12-4-1-2-5-12)19-14-10-17-16(18-11-14)13-8-9-13/h10-13H,1-9H2,(H,19,20). The van der Waals surface area contributed by atoms with E-state index < -0.39 is 0 Å². The topological polar surface area (TPSA) is 54.9 Å². The largest absolute Gasteiger partial charge is 0.323 e. The molecule has 0 bridgehead atoms. The van der Waals surface area contributed by atoms with Gasteiger partial charge in [-0.15, -0.1) is 0 Å². The Morgan fingerprint density at radius 3 is 2.50 bits per heavy atom. The lowest BCUT2D eigenvalue weighted by Gasteiger charge is -2.08. The van der Waals surface area contributed by atoms with Gasteiger partial charge in [0.1, 0.15) is 5.82 Å². The SMILES string of the molecule is O=C(CCCC1CCCC1)Nc1cnc(C2CC2)nc1. The maximum absolute atomic E-state index is 11.9. The van der Waals surface area contributed by atoms with Crippen molar-refractivity contribution in [3.63, 3.8) is 0 Å². The molecule has 4 nitrogen and oxygen atoms in total. The van der Waals surface area contributed by atoms with Gasteiger partial charge in [0, 0.05) is 12.3 Å². The van der Waals surface area contributed by atoms with Crippen LogP contribution in [0.3, 0.4) is 0 Å². The van der Waals surface area contributed by atoms with E-state index in [-0.39, 0.29) is 5.91 Å². The summed E-state index contributed by atoms with van der Waals surface area (Å²) in [5.74, 6) is 2.44. The summed E-state index contributed by atoms with van der Waals surface area (Å²) in [5.41, 5.74) is 0.722. The van der Waals surface area contributed by atoms with Crippen molar-refractivity contribution in [2.24, 2.45) is 5.92 Å². The summed E-state index contributed by atoms with van der Waals surface area (Å²) in [6.45, 7) is 0. The van der Waals surface area contributed by atoms with E-state index in [1.165, 1.54) is 44.9 Å². The van der Waals surface area contributed by atoms with E-state index in [0.29, 0.717) is 12.3 Å². The van der Waals surface area contributed by atoms with Crippen molar-refractivity contribution in [3.8, 4) is 0 Å². The Hall–Kier alpha value is -1.45. The van der Waals surface area contributed by atoms with Crippen molar-refractivity contribution in [2.45, 2.75) is 63.7 Å². The van der Waals surface area contributed by atoms with E-state index in [1.54, 1.807) is 12.4 Å². The number of carbonyl (C=O) groups is 1. The maximum Gasteiger partial charge on any atom is 0.224 e. The Balaban J connectivity index is 1.38. The first-order valence-corrected chi connectivity index (χ1v) is 7.93. The normalized spacial score (nSPS) is 19.2. The van der Waals surface area contributed by atoms with Crippen molar-refractivity contribution < 1.29 is 4.79 Å². The van der Waals surface area contributed by atoms with Crippen LogP contribution in [-0.2, 0) is 4.79 Å². The summed E-state index contributed by atoms with van der Waals surface area (Å²) < 4.78 is 0. The molecular weight excluding hydrogens is 250 g/mol. The average molecular weight is 273 g/mol. The van der Waals surface area contributed by atoms with E-state index >= 15 is 0 Å². The summed E-state index contributed by atoms with van der Waals surface area (Å²) in [6.07, 6.45) is 14.1. The monoisotopic (exact) mass is 273 g/mol. The molecular formula is C16H23N3O. The van der Waals surface area contributed by atoms with Crippen LogP contribution in [0.5, 0.6) is 0 Å². The molecule has 1 aromatic rings. The molecule has 0 saturated heterocycles. The van der Waals surface area contributed by atoms with E-state index in [2.05, 4.69) is 15.3 Å². The molecule has 2 saturated carbocycles. The molecule has 0 aromatic carbocycles. The number of carbonyl (C=O) groups excluding carboxylic acids is 1. The minimum absolute atomic E-state index is 0.0887. The summed E-state index contributed by atoms with van der Waals surface area (Å²) in [5, 5.41) is 2.89. The minimum atomic E-state index is 0.0887. The second-order valence-corrected chi connectivity index (χ2v) is 6.20. The molecule has 0 spiro atoms. The average Bonchev–Trinajstić information content (AvgIpc) is 3.17. The fourth-order valence-corrected chi connectivity index (χ4v) is 3.03. The van der Waals surface area contributed by atoms with Crippen molar-refractivity contribution in [2.75, 3.05) is 5.32 Å². The van der Waals surface area contributed by atoms with Crippen LogP contribution in [0.1, 0.15) is 69.5 Å². The molecule has 0 radical (unpaired) electrons. The second-order valence-electron chi connectivity index (χ2n) is 6.20. The Kier molecular flexibility index (Phi) is 4.28. The van der Waals surface area contributed by atoms with Crippen molar-refractivity contribution >= 4 is 11.6 Å². The van der Waals surface area contributed by atoms with Gasteiger partial charge in [-0.25, -0.2) is 9.97 Å². The Bertz CT molecular complexity index is 447. The minimum Gasteiger partial charge on any atom is -0.323 e. The van der Waals surface area contributed by atoms with Gasteiger partial charge in [0.15, 0.2) is 0 Å². The van der Waals surface area contributed by atoms with Gasteiger partial charge in [0.25, 0.3) is 0 Å². The predicted octanol–water partition coefficient (Wildman–Crippen LogP) is 3.65. The molecule has 1 heterocycles. The molecule has 0 atom stereocenters.